The molecule has 0 spiro atoms. The highest BCUT2D eigenvalue weighted by atomic mass is 16.5. The molecule has 3 heterocycles. The fraction of sp³-hybridized carbons (Fsp3) is 0.688. The number of carbonyl (C=O) groups is 1. The van der Waals surface area contributed by atoms with Crippen molar-refractivity contribution in [2.24, 2.45) is 7.05 Å². The predicted molar refractivity (Wildman–Crippen MR) is 90.1 cm³/mol. The first-order valence-electron chi connectivity index (χ1n) is 8.51. The molecule has 132 valence electrons. The van der Waals surface area contributed by atoms with Gasteiger partial charge in [0.05, 0.1) is 24.5 Å². The molecule has 1 N–H and O–H groups in total. The summed E-state index contributed by atoms with van der Waals surface area (Å²) in [6, 6.07) is 1.61. The molecule has 2 saturated heterocycles. The summed E-state index contributed by atoms with van der Waals surface area (Å²) in [4.78, 5) is 28.0. The molecule has 8 nitrogen and oxygen atoms in total. The van der Waals surface area contributed by atoms with Gasteiger partial charge in [0.1, 0.15) is 0 Å². The van der Waals surface area contributed by atoms with Gasteiger partial charge in [0.25, 0.3) is 5.56 Å². The third-order valence-electron chi connectivity index (χ3n) is 4.61. The standard InChI is InChI=1S/C16H25N5O3/c1-19-16(23)9-13(10-18-19)21-6-4-20(5-7-21)12-15(22)17-11-14-3-2-8-24-14/h9-10,14H,2-8,11-12H2,1H3,(H,17,22). The maximum Gasteiger partial charge on any atom is 0.268 e. The maximum absolute atomic E-state index is 12.0. The Kier molecular flexibility index (Phi) is 5.47. The van der Waals surface area contributed by atoms with Gasteiger partial charge in [-0.3, -0.25) is 14.5 Å². The second-order valence-corrected chi connectivity index (χ2v) is 6.38. The number of hydrogen-bond acceptors (Lipinski definition) is 6. The first kappa shape index (κ1) is 16.9. The Balaban J connectivity index is 1.42. The van der Waals surface area contributed by atoms with Crippen molar-refractivity contribution in [2.75, 3.05) is 50.8 Å². The van der Waals surface area contributed by atoms with Crippen LogP contribution in [0.25, 0.3) is 0 Å². The van der Waals surface area contributed by atoms with Crippen LogP contribution in [0.3, 0.4) is 0 Å². The van der Waals surface area contributed by atoms with Crippen molar-refractivity contribution in [3.8, 4) is 0 Å². The van der Waals surface area contributed by atoms with Gasteiger partial charge in [0.15, 0.2) is 0 Å². The molecular weight excluding hydrogens is 310 g/mol. The van der Waals surface area contributed by atoms with E-state index in [1.165, 1.54) is 4.68 Å². The molecule has 8 heteroatoms. The third-order valence-corrected chi connectivity index (χ3v) is 4.61. The number of ether oxygens (including phenoxy) is 1. The molecule has 2 aliphatic heterocycles. The molecule has 0 aromatic carbocycles. The monoisotopic (exact) mass is 335 g/mol. The SMILES string of the molecule is Cn1ncc(N2CCN(CC(=O)NCC3CCCO3)CC2)cc1=O. The molecule has 1 aromatic rings. The van der Waals surface area contributed by atoms with E-state index in [0.29, 0.717) is 13.1 Å². The first-order valence-corrected chi connectivity index (χ1v) is 8.51. The van der Waals surface area contributed by atoms with Crippen LogP contribution in [0.15, 0.2) is 17.1 Å². The number of nitrogens with zero attached hydrogens (tertiary/aromatic N) is 4. The van der Waals surface area contributed by atoms with Crippen molar-refractivity contribution in [3.63, 3.8) is 0 Å². The van der Waals surface area contributed by atoms with Crippen LogP contribution in [0.2, 0.25) is 0 Å². The minimum atomic E-state index is -0.108. The number of hydrogen-bond donors (Lipinski definition) is 1. The van der Waals surface area contributed by atoms with E-state index < -0.39 is 0 Å². The van der Waals surface area contributed by atoms with Gasteiger partial charge in [-0.05, 0) is 12.8 Å². The zero-order valence-corrected chi connectivity index (χ0v) is 14.1. The van der Waals surface area contributed by atoms with Crippen LogP contribution in [-0.2, 0) is 16.6 Å². The summed E-state index contributed by atoms with van der Waals surface area (Å²) in [7, 11) is 1.64. The molecular formula is C16H25N5O3. The van der Waals surface area contributed by atoms with Crippen molar-refractivity contribution < 1.29 is 9.53 Å². The summed E-state index contributed by atoms with van der Waals surface area (Å²) in [5.41, 5.74) is 0.740. The highest BCUT2D eigenvalue weighted by Gasteiger charge is 2.21. The summed E-state index contributed by atoms with van der Waals surface area (Å²) in [5.74, 6) is 0.0502. The lowest BCUT2D eigenvalue weighted by Crippen LogP contribution is -2.50. The molecule has 0 bridgehead atoms. The fourth-order valence-electron chi connectivity index (χ4n) is 3.09. The highest BCUT2D eigenvalue weighted by Crippen LogP contribution is 2.13. The molecule has 2 aliphatic rings. The van der Waals surface area contributed by atoms with Crippen molar-refractivity contribution >= 4 is 11.6 Å². The van der Waals surface area contributed by atoms with Gasteiger partial charge in [0, 0.05) is 52.4 Å². The lowest BCUT2D eigenvalue weighted by atomic mass is 10.2. The van der Waals surface area contributed by atoms with Crippen molar-refractivity contribution in [1.82, 2.24) is 20.0 Å². The minimum absolute atomic E-state index is 0.0502. The van der Waals surface area contributed by atoms with Crippen molar-refractivity contribution in [1.29, 1.82) is 0 Å². The number of aromatic nitrogens is 2. The smallest absolute Gasteiger partial charge is 0.268 e. The molecule has 24 heavy (non-hydrogen) atoms. The quantitative estimate of drug-likeness (QED) is 0.759. The van der Waals surface area contributed by atoms with Gasteiger partial charge in [-0.1, -0.05) is 0 Å². The van der Waals surface area contributed by atoms with E-state index in [9.17, 15) is 9.59 Å². The molecule has 0 saturated carbocycles. The van der Waals surface area contributed by atoms with E-state index in [0.717, 1.165) is 51.3 Å². The number of aryl methyl sites for hydroxylation is 1. The Hall–Kier alpha value is -1.93. The van der Waals surface area contributed by atoms with E-state index in [4.69, 9.17) is 4.74 Å². The van der Waals surface area contributed by atoms with Crippen LogP contribution < -0.4 is 15.8 Å². The Bertz CT molecular complexity index is 618. The van der Waals surface area contributed by atoms with Crippen LogP contribution in [0.4, 0.5) is 5.69 Å². The predicted octanol–water partition coefficient (Wildman–Crippen LogP) is -0.802. The second-order valence-electron chi connectivity index (χ2n) is 6.38. The summed E-state index contributed by atoms with van der Waals surface area (Å²) in [5, 5.41) is 7.01. The van der Waals surface area contributed by atoms with Gasteiger partial charge < -0.3 is 15.0 Å². The number of rotatable bonds is 5. The topological polar surface area (TPSA) is 79.7 Å². The van der Waals surface area contributed by atoms with Crippen molar-refractivity contribution in [2.45, 2.75) is 18.9 Å². The summed E-state index contributed by atoms with van der Waals surface area (Å²) < 4.78 is 6.82. The lowest BCUT2D eigenvalue weighted by molar-refractivity contribution is -0.122. The lowest BCUT2D eigenvalue weighted by Gasteiger charge is -2.35. The third kappa shape index (κ3) is 4.33. The van der Waals surface area contributed by atoms with E-state index in [1.54, 1.807) is 19.3 Å². The van der Waals surface area contributed by atoms with Crippen LogP contribution in [0.1, 0.15) is 12.8 Å². The minimum Gasteiger partial charge on any atom is -0.376 e. The zero-order valence-electron chi connectivity index (χ0n) is 14.1. The Morgan fingerprint density at radius 2 is 2.17 bits per heavy atom. The van der Waals surface area contributed by atoms with Crippen LogP contribution in [-0.4, -0.2) is 72.6 Å². The molecule has 3 rings (SSSR count). The summed E-state index contributed by atoms with van der Waals surface area (Å²) in [6.45, 7) is 4.99. The zero-order chi connectivity index (χ0) is 16.9. The molecule has 0 aliphatic carbocycles. The molecule has 1 unspecified atom stereocenters. The number of piperazine rings is 1. The van der Waals surface area contributed by atoms with Crippen LogP contribution >= 0.6 is 0 Å². The molecule has 1 aromatic heterocycles. The van der Waals surface area contributed by atoms with Crippen molar-refractivity contribution in [3.05, 3.63) is 22.6 Å². The second kappa shape index (κ2) is 7.76. The number of nitrogens with one attached hydrogen (secondary N) is 1. The molecule has 2 fully saturated rings. The highest BCUT2D eigenvalue weighted by molar-refractivity contribution is 5.78. The fourth-order valence-corrected chi connectivity index (χ4v) is 3.09. The van der Waals surface area contributed by atoms with E-state index >= 15 is 0 Å². The van der Waals surface area contributed by atoms with Gasteiger partial charge in [-0.25, -0.2) is 4.68 Å². The van der Waals surface area contributed by atoms with Gasteiger partial charge in [-0.2, -0.15) is 5.10 Å². The number of amides is 1. The van der Waals surface area contributed by atoms with E-state index in [1.807, 2.05) is 0 Å². The molecule has 1 atom stereocenters. The van der Waals surface area contributed by atoms with Crippen LogP contribution in [0.5, 0.6) is 0 Å². The Morgan fingerprint density at radius 1 is 1.38 bits per heavy atom. The normalized spacial score (nSPS) is 21.9. The summed E-state index contributed by atoms with van der Waals surface area (Å²) in [6.07, 6.45) is 4.01. The number of anilines is 1. The van der Waals surface area contributed by atoms with E-state index in [-0.39, 0.29) is 17.6 Å². The van der Waals surface area contributed by atoms with Crippen LogP contribution in [0, 0.1) is 0 Å². The van der Waals surface area contributed by atoms with Gasteiger partial charge in [0.2, 0.25) is 5.91 Å². The average molecular weight is 335 g/mol. The molecule has 1 amide bonds. The summed E-state index contributed by atoms with van der Waals surface area (Å²) >= 11 is 0. The van der Waals surface area contributed by atoms with Gasteiger partial charge in [-0.15, -0.1) is 0 Å². The Labute approximate surface area is 141 Å². The maximum atomic E-state index is 12.0. The molecule has 0 radical (unpaired) electrons. The van der Waals surface area contributed by atoms with E-state index in [2.05, 4.69) is 20.2 Å². The number of carbonyl (C=O) groups excluding carboxylic acids is 1. The average Bonchev–Trinajstić information content (AvgIpc) is 3.10. The Morgan fingerprint density at radius 3 is 2.83 bits per heavy atom. The largest absolute Gasteiger partial charge is 0.376 e. The van der Waals surface area contributed by atoms with Gasteiger partial charge >= 0.3 is 0 Å². The first-order chi connectivity index (χ1) is 11.6.